The molecule has 1 fully saturated rings. The average molecular weight is 407 g/mol. The molecular formula is C29H58. The van der Waals surface area contributed by atoms with Crippen LogP contribution in [0.15, 0.2) is 0 Å². The number of rotatable bonds is 19. The third-order valence-electron chi connectivity index (χ3n) is 7.98. The quantitative estimate of drug-likeness (QED) is 0.187. The van der Waals surface area contributed by atoms with Crippen molar-refractivity contribution in [1.82, 2.24) is 0 Å². The van der Waals surface area contributed by atoms with Crippen molar-refractivity contribution in [2.24, 2.45) is 23.7 Å². The summed E-state index contributed by atoms with van der Waals surface area (Å²) in [6, 6.07) is 0. The van der Waals surface area contributed by atoms with Gasteiger partial charge in [-0.2, -0.15) is 0 Å². The second-order valence-corrected chi connectivity index (χ2v) is 10.8. The Kier molecular flexibility index (Phi) is 17.5. The lowest BCUT2D eigenvalue weighted by Gasteiger charge is -2.38. The van der Waals surface area contributed by atoms with E-state index in [1.807, 2.05) is 0 Å². The first-order chi connectivity index (χ1) is 14.2. The minimum Gasteiger partial charge on any atom is -0.0654 e. The maximum absolute atomic E-state index is 2.57. The standard InChI is InChI=1S/C29H58/c1-5-7-9-11-13-15-17-19-21-28(29-25-26(3)23-24-27(29)4)22-20-18-16-14-12-10-8-6-2/h26-29H,5-25H2,1-4H3. The zero-order valence-electron chi connectivity index (χ0n) is 21.2. The Morgan fingerprint density at radius 1 is 0.552 bits per heavy atom. The molecule has 0 amide bonds. The van der Waals surface area contributed by atoms with Gasteiger partial charge in [-0.1, -0.05) is 156 Å². The Hall–Kier alpha value is 0. The van der Waals surface area contributed by atoms with E-state index in [4.69, 9.17) is 0 Å². The van der Waals surface area contributed by atoms with Crippen LogP contribution >= 0.6 is 0 Å². The molecule has 0 N–H and O–H groups in total. The molecule has 0 radical (unpaired) electrons. The van der Waals surface area contributed by atoms with E-state index < -0.39 is 0 Å². The summed E-state index contributed by atoms with van der Waals surface area (Å²) in [6.07, 6.45) is 31.1. The third kappa shape index (κ3) is 13.8. The van der Waals surface area contributed by atoms with Crippen LogP contribution in [0, 0.1) is 23.7 Å². The number of hydrogen-bond acceptors (Lipinski definition) is 0. The Labute approximate surface area is 186 Å². The molecule has 3 unspecified atom stereocenters. The van der Waals surface area contributed by atoms with E-state index >= 15 is 0 Å². The van der Waals surface area contributed by atoms with Gasteiger partial charge in [0.15, 0.2) is 0 Å². The van der Waals surface area contributed by atoms with Gasteiger partial charge < -0.3 is 0 Å². The molecule has 1 aliphatic rings. The molecule has 0 heterocycles. The minimum atomic E-state index is 0.982. The van der Waals surface area contributed by atoms with Gasteiger partial charge in [0.1, 0.15) is 0 Å². The van der Waals surface area contributed by atoms with E-state index in [1.54, 1.807) is 0 Å². The summed E-state index contributed by atoms with van der Waals surface area (Å²) in [7, 11) is 0. The van der Waals surface area contributed by atoms with Gasteiger partial charge in [0.2, 0.25) is 0 Å². The average Bonchev–Trinajstić information content (AvgIpc) is 2.72. The lowest BCUT2D eigenvalue weighted by molar-refractivity contribution is 0.122. The highest BCUT2D eigenvalue weighted by atomic mass is 14.4. The highest BCUT2D eigenvalue weighted by molar-refractivity contribution is 4.81. The highest BCUT2D eigenvalue weighted by Gasteiger charge is 2.31. The third-order valence-corrected chi connectivity index (χ3v) is 7.98. The molecule has 0 heteroatoms. The number of hydrogen-bond donors (Lipinski definition) is 0. The van der Waals surface area contributed by atoms with Crippen molar-refractivity contribution in [1.29, 1.82) is 0 Å². The lowest BCUT2D eigenvalue weighted by atomic mass is 9.67. The molecule has 3 atom stereocenters. The van der Waals surface area contributed by atoms with Crippen LogP contribution in [-0.4, -0.2) is 0 Å². The Balaban J connectivity index is 2.26. The largest absolute Gasteiger partial charge is 0.0654 e. The van der Waals surface area contributed by atoms with E-state index in [2.05, 4.69) is 27.7 Å². The molecule has 0 spiro atoms. The summed E-state index contributed by atoms with van der Waals surface area (Å²) < 4.78 is 0. The molecule has 29 heavy (non-hydrogen) atoms. The van der Waals surface area contributed by atoms with Gasteiger partial charge in [0.25, 0.3) is 0 Å². The van der Waals surface area contributed by atoms with Crippen LogP contribution in [0.3, 0.4) is 0 Å². The fourth-order valence-electron chi connectivity index (χ4n) is 5.89. The SMILES string of the molecule is CCCCCCCCCCC(CCCCCCCCCC)C1CC(C)CCC1C. The molecule has 0 aromatic heterocycles. The lowest BCUT2D eigenvalue weighted by Crippen LogP contribution is -2.28. The molecule has 0 aromatic carbocycles. The fourth-order valence-corrected chi connectivity index (χ4v) is 5.89. The van der Waals surface area contributed by atoms with Crippen molar-refractivity contribution in [3.8, 4) is 0 Å². The van der Waals surface area contributed by atoms with Crippen LogP contribution in [0.5, 0.6) is 0 Å². The second-order valence-electron chi connectivity index (χ2n) is 10.8. The molecule has 0 saturated heterocycles. The van der Waals surface area contributed by atoms with Crippen molar-refractivity contribution in [3.05, 3.63) is 0 Å². The minimum absolute atomic E-state index is 0.982. The zero-order chi connectivity index (χ0) is 21.2. The Bertz CT molecular complexity index is 313. The Morgan fingerprint density at radius 3 is 1.41 bits per heavy atom. The van der Waals surface area contributed by atoms with Crippen LogP contribution in [0.4, 0.5) is 0 Å². The van der Waals surface area contributed by atoms with E-state index in [0.29, 0.717) is 0 Å². The van der Waals surface area contributed by atoms with Gasteiger partial charge in [0.05, 0.1) is 0 Å². The molecule has 1 saturated carbocycles. The molecule has 0 aromatic rings. The summed E-state index contributed by atoms with van der Waals surface area (Å²) in [4.78, 5) is 0. The summed E-state index contributed by atoms with van der Waals surface area (Å²) in [5, 5.41) is 0. The normalized spacial score (nSPS) is 22.4. The molecule has 0 aliphatic heterocycles. The summed E-state index contributed by atoms with van der Waals surface area (Å²) in [6.45, 7) is 9.73. The molecular weight excluding hydrogens is 348 g/mol. The number of unbranched alkanes of at least 4 members (excludes halogenated alkanes) is 14. The Morgan fingerprint density at radius 2 is 0.966 bits per heavy atom. The van der Waals surface area contributed by atoms with Gasteiger partial charge >= 0.3 is 0 Å². The van der Waals surface area contributed by atoms with Crippen LogP contribution in [-0.2, 0) is 0 Å². The molecule has 1 aliphatic carbocycles. The zero-order valence-corrected chi connectivity index (χ0v) is 21.2. The van der Waals surface area contributed by atoms with E-state index in [-0.39, 0.29) is 0 Å². The summed E-state index contributed by atoms with van der Waals surface area (Å²) >= 11 is 0. The maximum Gasteiger partial charge on any atom is -0.0358 e. The van der Waals surface area contributed by atoms with Gasteiger partial charge in [-0.05, 0) is 30.1 Å². The van der Waals surface area contributed by atoms with Crippen molar-refractivity contribution < 1.29 is 0 Å². The molecule has 1 rings (SSSR count). The topological polar surface area (TPSA) is 0 Å². The van der Waals surface area contributed by atoms with Gasteiger partial charge in [-0.25, -0.2) is 0 Å². The smallest absolute Gasteiger partial charge is 0.0358 e. The van der Waals surface area contributed by atoms with Crippen LogP contribution in [0.2, 0.25) is 0 Å². The van der Waals surface area contributed by atoms with Crippen LogP contribution in [0.1, 0.15) is 163 Å². The van der Waals surface area contributed by atoms with Crippen molar-refractivity contribution >= 4 is 0 Å². The van der Waals surface area contributed by atoms with E-state index in [1.165, 1.54) is 135 Å². The van der Waals surface area contributed by atoms with Crippen molar-refractivity contribution in [3.63, 3.8) is 0 Å². The van der Waals surface area contributed by atoms with Gasteiger partial charge in [-0.15, -0.1) is 0 Å². The van der Waals surface area contributed by atoms with Crippen LogP contribution in [0.25, 0.3) is 0 Å². The molecule has 0 nitrogen and oxygen atoms in total. The fraction of sp³-hybridized carbons (Fsp3) is 1.00. The first kappa shape index (κ1) is 27.0. The van der Waals surface area contributed by atoms with Gasteiger partial charge in [0, 0.05) is 0 Å². The monoisotopic (exact) mass is 406 g/mol. The highest BCUT2D eigenvalue weighted by Crippen LogP contribution is 2.41. The first-order valence-corrected chi connectivity index (χ1v) is 14.2. The predicted molar refractivity (Wildman–Crippen MR) is 134 cm³/mol. The second kappa shape index (κ2) is 18.7. The first-order valence-electron chi connectivity index (χ1n) is 14.2. The van der Waals surface area contributed by atoms with Crippen LogP contribution < -0.4 is 0 Å². The van der Waals surface area contributed by atoms with Gasteiger partial charge in [-0.3, -0.25) is 0 Å². The summed E-state index contributed by atoms with van der Waals surface area (Å²) in [5.41, 5.74) is 0. The summed E-state index contributed by atoms with van der Waals surface area (Å²) in [5.74, 6) is 4.04. The maximum atomic E-state index is 2.57. The predicted octanol–water partition coefficient (Wildman–Crippen LogP) is 10.7. The van der Waals surface area contributed by atoms with E-state index in [9.17, 15) is 0 Å². The van der Waals surface area contributed by atoms with Crippen molar-refractivity contribution in [2.75, 3.05) is 0 Å². The molecule has 0 bridgehead atoms. The molecule has 174 valence electrons. The van der Waals surface area contributed by atoms with Crippen molar-refractivity contribution in [2.45, 2.75) is 163 Å². The van der Waals surface area contributed by atoms with E-state index in [0.717, 1.165) is 23.7 Å².